The average molecular weight is 171 g/mol. The summed E-state index contributed by atoms with van der Waals surface area (Å²) in [5.74, 6) is 1.85. The lowest BCUT2D eigenvalue weighted by molar-refractivity contribution is 0.352. The molecule has 0 saturated carbocycles. The van der Waals surface area contributed by atoms with E-state index < -0.39 is 0 Å². The summed E-state index contributed by atoms with van der Waals surface area (Å²) in [4.78, 5) is 0. The zero-order chi connectivity index (χ0) is 9.40. The van der Waals surface area contributed by atoms with Gasteiger partial charge in [-0.1, -0.05) is 33.6 Å². The van der Waals surface area contributed by atoms with Crippen LogP contribution in [0.1, 0.15) is 46.5 Å². The van der Waals surface area contributed by atoms with E-state index in [1.165, 1.54) is 32.2 Å². The molecule has 0 aliphatic rings. The fraction of sp³-hybridized carbons (Fsp3) is 1.00. The highest BCUT2D eigenvalue weighted by molar-refractivity contribution is 4.62. The van der Waals surface area contributed by atoms with E-state index >= 15 is 0 Å². The molecule has 2 unspecified atom stereocenters. The predicted molar refractivity (Wildman–Crippen MR) is 56.4 cm³/mol. The van der Waals surface area contributed by atoms with E-state index in [1.807, 2.05) is 7.05 Å². The molecule has 0 bridgehead atoms. The topological polar surface area (TPSA) is 12.0 Å². The van der Waals surface area contributed by atoms with E-state index in [0.29, 0.717) is 0 Å². The lowest BCUT2D eigenvalue weighted by atomic mass is 9.90. The second kappa shape index (κ2) is 7.60. The molecule has 1 heteroatoms. The fourth-order valence-electron chi connectivity index (χ4n) is 1.57. The highest BCUT2D eigenvalue weighted by Crippen LogP contribution is 2.20. The van der Waals surface area contributed by atoms with Gasteiger partial charge in [-0.15, -0.1) is 0 Å². The van der Waals surface area contributed by atoms with Gasteiger partial charge in [0.15, 0.2) is 0 Å². The second-order valence-corrected chi connectivity index (χ2v) is 3.92. The number of nitrogens with one attached hydrogen (secondary N) is 1. The van der Waals surface area contributed by atoms with Gasteiger partial charge in [0.05, 0.1) is 0 Å². The molecule has 12 heavy (non-hydrogen) atoms. The van der Waals surface area contributed by atoms with Crippen molar-refractivity contribution in [3.8, 4) is 0 Å². The molecule has 0 saturated heterocycles. The Labute approximate surface area is 77.9 Å². The van der Waals surface area contributed by atoms with Crippen LogP contribution >= 0.6 is 0 Å². The third-order valence-electron chi connectivity index (χ3n) is 2.81. The van der Waals surface area contributed by atoms with Crippen LogP contribution in [0, 0.1) is 11.8 Å². The minimum Gasteiger partial charge on any atom is -0.320 e. The maximum Gasteiger partial charge on any atom is -0.00493 e. The molecule has 0 aliphatic carbocycles. The summed E-state index contributed by atoms with van der Waals surface area (Å²) in [7, 11) is 2.04. The number of rotatable bonds is 7. The first-order valence-electron chi connectivity index (χ1n) is 5.39. The Kier molecular flexibility index (Phi) is 7.58. The molecule has 0 fully saturated rings. The van der Waals surface area contributed by atoms with E-state index in [2.05, 4.69) is 26.1 Å². The van der Waals surface area contributed by atoms with Crippen LogP contribution in [0.15, 0.2) is 0 Å². The van der Waals surface area contributed by atoms with Crippen molar-refractivity contribution in [2.45, 2.75) is 46.5 Å². The summed E-state index contributed by atoms with van der Waals surface area (Å²) in [6, 6.07) is 0. The van der Waals surface area contributed by atoms with Crippen LogP contribution in [-0.4, -0.2) is 13.6 Å². The van der Waals surface area contributed by atoms with Crippen molar-refractivity contribution in [2.24, 2.45) is 11.8 Å². The summed E-state index contributed by atoms with van der Waals surface area (Å²) < 4.78 is 0. The van der Waals surface area contributed by atoms with Crippen LogP contribution < -0.4 is 5.32 Å². The van der Waals surface area contributed by atoms with Crippen LogP contribution in [0.25, 0.3) is 0 Å². The van der Waals surface area contributed by atoms with Gasteiger partial charge in [0.1, 0.15) is 0 Å². The summed E-state index contributed by atoms with van der Waals surface area (Å²) >= 11 is 0. The zero-order valence-electron chi connectivity index (χ0n) is 9.19. The normalized spacial score (nSPS) is 16.0. The Bertz CT molecular complexity index is 91.0. The molecule has 2 atom stereocenters. The molecule has 1 nitrogen and oxygen atoms in total. The second-order valence-electron chi connectivity index (χ2n) is 3.92. The maximum atomic E-state index is 3.22. The van der Waals surface area contributed by atoms with Crippen LogP contribution in [0.4, 0.5) is 0 Å². The molecule has 0 aromatic heterocycles. The molecule has 74 valence electrons. The highest BCUT2D eigenvalue weighted by atomic mass is 14.8. The Hall–Kier alpha value is -0.0400. The van der Waals surface area contributed by atoms with Crippen LogP contribution in [0.2, 0.25) is 0 Å². The van der Waals surface area contributed by atoms with Crippen molar-refractivity contribution in [3.63, 3.8) is 0 Å². The van der Waals surface area contributed by atoms with Gasteiger partial charge in [-0.2, -0.15) is 0 Å². The van der Waals surface area contributed by atoms with Crippen molar-refractivity contribution >= 4 is 0 Å². The summed E-state index contributed by atoms with van der Waals surface area (Å²) in [5.41, 5.74) is 0. The SMILES string of the molecule is CCC(C)CC(CC)CCNC. The van der Waals surface area contributed by atoms with E-state index in [9.17, 15) is 0 Å². The molecule has 1 N–H and O–H groups in total. The van der Waals surface area contributed by atoms with Crippen molar-refractivity contribution < 1.29 is 0 Å². The first-order chi connectivity index (χ1) is 5.74. The van der Waals surface area contributed by atoms with Gasteiger partial charge in [0.2, 0.25) is 0 Å². The Balaban J connectivity index is 3.51. The molecule has 0 aromatic carbocycles. The zero-order valence-corrected chi connectivity index (χ0v) is 9.19. The Morgan fingerprint density at radius 2 is 1.83 bits per heavy atom. The quantitative estimate of drug-likeness (QED) is 0.621. The molecule has 0 spiro atoms. The van der Waals surface area contributed by atoms with E-state index in [1.54, 1.807) is 0 Å². The van der Waals surface area contributed by atoms with Gasteiger partial charge < -0.3 is 5.32 Å². The van der Waals surface area contributed by atoms with Crippen molar-refractivity contribution in [1.82, 2.24) is 5.32 Å². The minimum atomic E-state index is 0.909. The minimum absolute atomic E-state index is 0.909. The molecule has 0 amide bonds. The van der Waals surface area contributed by atoms with Gasteiger partial charge in [-0.25, -0.2) is 0 Å². The van der Waals surface area contributed by atoms with E-state index in [-0.39, 0.29) is 0 Å². The average Bonchev–Trinajstić information content (AvgIpc) is 2.11. The lowest BCUT2D eigenvalue weighted by Crippen LogP contribution is -2.14. The summed E-state index contributed by atoms with van der Waals surface area (Å²) in [6.07, 6.45) is 5.42. The molecular weight excluding hydrogens is 146 g/mol. The Morgan fingerprint density at radius 1 is 1.17 bits per heavy atom. The maximum absolute atomic E-state index is 3.22. The standard InChI is InChI=1S/C11H25N/c1-5-10(3)9-11(6-2)7-8-12-4/h10-12H,5-9H2,1-4H3. The van der Waals surface area contributed by atoms with E-state index in [4.69, 9.17) is 0 Å². The van der Waals surface area contributed by atoms with Crippen molar-refractivity contribution in [2.75, 3.05) is 13.6 Å². The smallest absolute Gasteiger partial charge is 0.00493 e. The summed E-state index contributed by atoms with van der Waals surface area (Å²) in [5, 5.41) is 3.22. The Morgan fingerprint density at radius 3 is 2.25 bits per heavy atom. The van der Waals surface area contributed by atoms with Crippen LogP contribution in [-0.2, 0) is 0 Å². The number of hydrogen-bond acceptors (Lipinski definition) is 1. The van der Waals surface area contributed by atoms with Gasteiger partial charge in [-0.05, 0) is 38.3 Å². The van der Waals surface area contributed by atoms with Crippen LogP contribution in [0.5, 0.6) is 0 Å². The lowest BCUT2D eigenvalue weighted by Gasteiger charge is -2.18. The van der Waals surface area contributed by atoms with Gasteiger partial charge in [-0.3, -0.25) is 0 Å². The van der Waals surface area contributed by atoms with Crippen molar-refractivity contribution in [1.29, 1.82) is 0 Å². The van der Waals surface area contributed by atoms with Gasteiger partial charge in [0, 0.05) is 0 Å². The largest absolute Gasteiger partial charge is 0.320 e. The van der Waals surface area contributed by atoms with Gasteiger partial charge >= 0.3 is 0 Å². The molecule has 0 rings (SSSR count). The molecule has 0 aromatic rings. The molecular formula is C11H25N. The number of hydrogen-bond donors (Lipinski definition) is 1. The monoisotopic (exact) mass is 171 g/mol. The summed E-state index contributed by atoms with van der Waals surface area (Å²) in [6.45, 7) is 8.13. The van der Waals surface area contributed by atoms with Crippen molar-refractivity contribution in [3.05, 3.63) is 0 Å². The molecule has 0 aliphatic heterocycles. The third-order valence-corrected chi connectivity index (χ3v) is 2.81. The molecule has 0 heterocycles. The third kappa shape index (κ3) is 5.59. The first-order valence-corrected chi connectivity index (χ1v) is 5.39. The first kappa shape index (κ1) is 12.0. The molecule has 0 radical (unpaired) electrons. The highest BCUT2D eigenvalue weighted by Gasteiger charge is 2.09. The predicted octanol–water partition coefficient (Wildman–Crippen LogP) is 3.06. The van der Waals surface area contributed by atoms with Gasteiger partial charge in [0.25, 0.3) is 0 Å². The van der Waals surface area contributed by atoms with E-state index in [0.717, 1.165) is 11.8 Å². The fourth-order valence-corrected chi connectivity index (χ4v) is 1.57. The van der Waals surface area contributed by atoms with Crippen LogP contribution in [0.3, 0.4) is 0 Å².